The lowest BCUT2D eigenvalue weighted by atomic mass is 9.93. The van der Waals surface area contributed by atoms with E-state index in [1.54, 1.807) is 18.4 Å². The number of hydrogen-bond acceptors (Lipinski definition) is 5. The Labute approximate surface area is 208 Å². The lowest BCUT2D eigenvalue weighted by Crippen LogP contribution is -2.48. The van der Waals surface area contributed by atoms with Crippen LogP contribution in [0.15, 0.2) is 10.4 Å². The number of thiazole rings is 1. The average Bonchev–Trinajstić information content (AvgIpc) is 3.24. The number of nitrogens with one attached hydrogen (secondary N) is 2. The summed E-state index contributed by atoms with van der Waals surface area (Å²) in [6.07, 6.45) is 6.25. The first kappa shape index (κ1) is 26.3. The molecule has 3 rings (SSSR count). The smallest absolute Gasteiger partial charge is 0.220 e. The van der Waals surface area contributed by atoms with Gasteiger partial charge in [0.1, 0.15) is 0 Å². The number of nitrogens with zero attached hydrogens (tertiary/aromatic N) is 4. The molecular formula is C22H39IN6OS. The van der Waals surface area contributed by atoms with Crippen LogP contribution < -0.4 is 10.6 Å². The standard InChI is InChI=1S/C22H38N6OS.HI/c1-4-21-26-19(16-30-21)15-27-9-5-18(6-10-27)14-25-22(24-3)28-11-7-17(8-12-28)13-20(29)23-2;/h16-18H,4-15H2,1-3H3,(H,23,29)(H,24,25);1H. The monoisotopic (exact) mass is 562 g/mol. The number of hydrogen-bond donors (Lipinski definition) is 2. The number of piperidine rings is 2. The van der Waals surface area contributed by atoms with Crippen LogP contribution in [0.1, 0.15) is 49.7 Å². The topological polar surface area (TPSA) is 72.9 Å². The van der Waals surface area contributed by atoms with Crippen molar-refractivity contribution in [2.75, 3.05) is 46.8 Å². The Morgan fingerprint density at radius 1 is 1.19 bits per heavy atom. The third-order valence-electron chi connectivity index (χ3n) is 6.42. The number of halogens is 1. The number of carbonyl (C=O) groups is 1. The van der Waals surface area contributed by atoms with E-state index in [2.05, 4.69) is 37.7 Å². The van der Waals surface area contributed by atoms with Crippen LogP contribution in [0.5, 0.6) is 0 Å². The van der Waals surface area contributed by atoms with Crippen LogP contribution in [0.25, 0.3) is 0 Å². The molecule has 7 nitrogen and oxygen atoms in total. The largest absolute Gasteiger partial charge is 0.359 e. The first-order valence-electron chi connectivity index (χ1n) is 11.4. The normalized spacial score (nSPS) is 19.2. The third kappa shape index (κ3) is 8.16. The van der Waals surface area contributed by atoms with Crippen LogP contribution in [-0.2, 0) is 17.8 Å². The molecule has 2 N–H and O–H groups in total. The Morgan fingerprint density at radius 3 is 2.45 bits per heavy atom. The lowest BCUT2D eigenvalue weighted by molar-refractivity contribution is -0.121. The van der Waals surface area contributed by atoms with E-state index in [0.29, 0.717) is 18.3 Å². The van der Waals surface area contributed by atoms with Crippen molar-refractivity contribution in [1.29, 1.82) is 0 Å². The van der Waals surface area contributed by atoms with Crippen LogP contribution in [0.4, 0.5) is 0 Å². The minimum atomic E-state index is 0. The van der Waals surface area contributed by atoms with Gasteiger partial charge in [-0.1, -0.05) is 6.92 Å². The van der Waals surface area contributed by atoms with Crippen molar-refractivity contribution < 1.29 is 4.79 Å². The molecule has 1 amide bonds. The van der Waals surface area contributed by atoms with Crippen LogP contribution in [0.2, 0.25) is 0 Å². The van der Waals surface area contributed by atoms with Crippen molar-refractivity contribution in [2.24, 2.45) is 16.8 Å². The molecule has 2 aliphatic rings. The first-order valence-corrected chi connectivity index (χ1v) is 12.3. The van der Waals surface area contributed by atoms with Gasteiger partial charge in [0.2, 0.25) is 5.91 Å². The number of aliphatic imine (C=N–C) groups is 1. The summed E-state index contributed by atoms with van der Waals surface area (Å²) in [5, 5.41) is 9.82. The van der Waals surface area contributed by atoms with Crippen molar-refractivity contribution in [3.8, 4) is 0 Å². The van der Waals surface area contributed by atoms with E-state index >= 15 is 0 Å². The molecule has 0 bridgehead atoms. The van der Waals surface area contributed by atoms with Crippen LogP contribution in [0, 0.1) is 11.8 Å². The van der Waals surface area contributed by atoms with Crippen LogP contribution >= 0.6 is 35.3 Å². The zero-order chi connectivity index (χ0) is 21.3. The molecule has 2 saturated heterocycles. The van der Waals surface area contributed by atoms with E-state index in [1.807, 2.05) is 7.05 Å². The van der Waals surface area contributed by atoms with E-state index in [-0.39, 0.29) is 29.9 Å². The Balaban J connectivity index is 0.00000341. The van der Waals surface area contributed by atoms with Crippen LogP contribution in [0.3, 0.4) is 0 Å². The summed E-state index contributed by atoms with van der Waals surface area (Å²) >= 11 is 1.78. The van der Waals surface area contributed by atoms with Gasteiger partial charge in [0.05, 0.1) is 10.7 Å². The summed E-state index contributed by atoms with van der Waals surface area (Å²) in [5.74, 6) is 2.37. The number of aromatic nitrogens is 1. The second-order valence-corrected chi connectivity index (χ2v) is 9.48. The SMILES string of the molecule is CCc1nc(CN2CCC(CNC(=NC)N3CCC(CC(=O)NC)CC3)CC2)cs1.I. The highest BCUT2D eigenvalue weighted by Gasteiger charge is 2.24. The molecule has 3 heterocycles. The predicted octanol–water partition coefficient (Wildman–Crippen LogP) is 2.96. The molecule has 0 unspecified atom stereocenters. The van der Waals surface area contributed by atoms with Crippen molar-refractivity contribution in [2.45, 2.75) is 52.0 Å². The Bertz CT molecular complexity index is 696. The zero-order valence-corrected chi connectivity index (χ0v) is 22.4. The van der Waals surface area contributed by atoms with Gasteiger partial charge in [0, 0.05) is 52.1 Å². The number of guanidine groups is 1. The van der Waals surface area contributed by atoms with Gasteiger partial charge in [-0.2, -0.15) is 0 Å². The summed E-state index contributed by atoms with van der Waals surface area (Å²) in [7, 11) is 3.59. The Kier molecular flexibility index (Phi) is 11.5. The Hall–Kier alpha value is -0.940. The number of rotatable bonds is 7. The molecule has 2 fully saturated rings. The van der Waals surface area contributed by atoms with E-state index in [4.69, 9.17) is 4.98 Å². The molecule has 9 heteroatoms. The van der Waals surface area contributed by atoms with Crippen molar-refractivity contribution in [3.63, 3.8) is 0 Å². The first-order chi connectivity index (χ1) is 14.6. The van der Waals surface area contributed by atoms with Crippen molar-refractivity contribution >= 4 is 47.2 Å². The molecule has 31 heavy (non-hydrogen) atoms. The average molecular weight is 563 g/mol. The molecule has 1 aromatic heterocycles. The molecule has 0 spiro atoms. The highest BCUT2D eigenvalue weighted by molar-refractivity contribution is 14.0. The number of amides is 1. The van der Waals surface area contributed by atoms with Gasteiger partial charge in [0.25, 0.3) is 0 Å². The molecule has 176 valence electrons. The molecule has 0 radical (unpaired) electrons. The van der Waals surface area contributed by atoms with Gasteiger partial charge in [-0.25, -0.2) is 4.98 Å². The molecule has 0 aromatic carbocycles. The molecule has 1 aromatic rings. The number of carbonyl (C=O) groups excluding carboxylic acids is 1. The lowest BCUT2D eigenvalue weighted by Gasteiger charge is -2.36. The number of likely N-dealkylation sites (tertiary alicyclic amines) is 2. The van der Waals surface area contributed by atoms with E-state index < -0.39 is 0 Å². The van der Waals surface area contributed by atoms with Gasteiger partial charge in [0.15, 0.2) is 5.96 Å². The Morgan fingerprint density at radius 2 is 1.87 bits per heavy atom. The van der Waals surface area contributed by atoms with Gasteiger partial charge in [-0.15, -0.1) is 35.3 Å². The summed E-state index contributed by atoms with van der Waals surface area (Å²) in [6, 6.07) is 0. The van der Waals surface area contributed by atoms with Gasteiger partial charge < -0.3 is 15.5 Å². The van der Waals surface area contributed by atoms with Crippen molar-refractivity contribution in [1.82, 2.24) is 25.4 Å². The molecule has 0 atom stereocenters. The minimum Gasteiger partial charge on any atom is -0.359 e. The molecule has 0 saturated carbocycles. The second kappa shape index (κ2) is 13.6. The highest BCUT2D eigenvalue weighted by Crippen LogP contribution is 2.22. The summed E-state index contributed by atoms with van der Waals surface area (Å²) < 4.78 is 0. The molecule has 0 aliphatic carbocycles. The van der Waals surface area contributed by atoms with Crippen molar-refractivity contribution in [3.05, 3.63) is 16.1 Å². The summed E-state index contributed by atoms with van der Waals surface area (Å²) in [6.45, 7) is 8.41. The van der Waals surface area contributed by atoms with E-state index in [1.165, 1.54) is 23.5 Å². The quantitative estimate of drug-likeness (QED) is 0.304. The summed E-state index contributed by atoms with van der Waals surface area (Å²) in [4.78, 5) is 25.7. The van der Waals surface area contributed by atoms with Crippen LogP contribution in [-0.4, -0.2) is 73.5 Å². The molecule has 2 aliphatic heterocycles. The maximum atomic E-state index is 11.6. The van der Waals surface area contributed by atoms with Gasteiger partial charge >= 0.3 is 0 Å². The third-order valence-corrected chi connectivity index (χ3v) is 7.46. The fourth-order valence-corrected chi connectivity index (χ4v) is 5.18. The highest BCUT2D eigenvalue weighted by atomic mass is 127. The molecular weight excluding hydrogens is 523 g/mol. The fourth-order valence-electron chi connectivity index (χ4n) is 4.44. The fraction of sp³-hybridized carbons (Fsp3) is 0.773. The summed E-state index contributed by atoms with van der Waals surface area (Å²) in [5.41, 5.74) is 1.23. The van der Waals surface area contributed by atoms with Gasteiger partial charge in [-0.3, -0.25) is 14.7 Å². The van der Waals surface area contributed by atoms with Gasteiger partial charge in [-0.05, 0) is 57.0 Å². The van der Waals surface area contributed by atoms with E-state index in [9.17, 15) is 4.79 Å². The number of aryl methyl sites for hydroxylation is 1. The zero-order valence-electron chi connectivity index (χ0n) is 19.2. The maximum absolute atomic E-state index is 11.6. The second-order valence-electron chi connectivity index (χ2n) is 8.54. The van der Waals surface area contributed by atoms with E-state index in [0.717, 1.165) is 64.5 Å². The predicted molar refractivity (Wildman–Crippen MR) is 139 cm³/mol. The minimum absolute atomic E-state index is 0. The maximum Gasteiger partial charge on any atom is 0.220 e.